The number of pyridine rings is 1. The fourth-order valence-corrected chi connectivity index (χ4v) is 10.7. The van der Waals surface area contributed by atoms with Crippen molar-refractivity contribution in [2.75, 3.05) is 28.3 Å². The Bertz CT molecular complexity index is 2010. The lowest BCUT2D eigenvalue weighted by molar-refractivity contribution is -0.320. The van der Waals surface area contributed by atoms with Gasteiger partial charge in [0.25, 0.3) is 0 Å². The third kappa shape index (κ3) is 13.4. The second-order valence-electron chi connectivity index (χ2n) is 20.9. The van der Waals surface area contributed by atoms with Crippen LogP contribution in [0.4, 0.5) is 0 Å². The Balaban J connectivity index is 1.44. The molecule has 0 unspecified atom stereocenters. The van der Waals surface area contributed by atoms with E-state index in [9.17, 15) is 29.7 Å². The number of aliphatic hydroxyl groups is 3. The van der Waals surface area contributed by atoms with E-state index >= 15 is 0 Å². The number of methoxy groups -OCH3 is 2. The van der Waals surface area contributed by atoms with Crippen LogP contribution in [-0.4, -0.2) is 162 Å². The predicted octanol–water partition coefficient (Wildman–Crippen LogP) is 5.25. The molecule has 17 heteroatoms. The van der Waals surface area contributed by atoms with Gasteiger partial charge in [0.05, 0.1) is 53.5 Å². The normalized spacial score (nSPS) is 39.8. The maximum absolute atomic E-state index is 14.6. The molecule has 0 saturated carbocycles. The molecular weight excluding hydrogens is 891 g/mol. The van der Waals surface area contributed by atoms with Gasteiger partial charge in [0, 0.05) is 56.6 Å². The molecule has 1 amide bonds. The average Bonchev–Trinajstić information content (AvgIpc) is 3.30. The number of carbonyl (C=O) groups excluding carboxylic acids is 3. The lowest BCUT2D eigenvalue weighted by Gasteiger charge is -2.50. The zero-order chi connectivity index (χ0) is 51.2. The molecule has 2 aromatic rings. The molecule has 17 nitrogen and oxygen atoms in total. The zero-order valence-corrected chi connectivity index (χ0v) is 43.5. The molecule has 4 heterocycles. The number of cyclic esters (lactones) is 1. The number of fused-ring (bicyclic) bond motifs is 1. The van der Waals surface area contributed by atoms with Crippen LogP contribution in [0.2, 0.25) is 0 Å². The van der Waals surface area contributed by atoms with Gasteiger partial charge < -0.3 is 63.4 Å². The number of likely N-dealkylation sites (N-methyl/N-ethyl adjacent to an activating group) is 1. The molecule has 3 fully saturated rings. The number of para-hydroxylation sites is 1. The molecule has 3 aliphatic heterocycles. The number of amides is 1. The summed E-state index contributed by atoms with van der Waals surface area (Å²) in [4.78, 5) is 48.2. The SMILES string of the molecule is CC[C@H]1OC(=O)[C@H](C)[C@@H](O[C@H]2C[C@@](C)(OC)[C@@H](OC(=O)CCCCc3cnc4ccccc4c3)[C@H](C)O2)[C@H](C)[C@@H](O[C@@H]2O[C@H](C)C[C@H](N(C)C)[C@H]2O)[C@](C)(OC)C[C@@H](C)NC(=O)[C@H](C)[C@@H](O)[C@]1(C)O. The highest BCUT2D eigenvalue weighted by molar-refractivity contribution is 5.80. The zero-order valence-electron chi connectivity index (χ0n) is 43.5. The van der Waals surface area contributed by atoms with Crippen LogP contribution >= 0.6 is 0 Å². The van der Waals surface area contributed by atoms with Crippen molar-refractivity contribution in [3.8, 4) is 0 Å². The maximum atomic E-state index is 14.6. The number of hydrogen-bond donors (Lipinski definition) is 4. The summed E-state index contributed by atoms with van der Waals surface area (Å²) in [7, 11) is 6.83. The van der Waals surface area contributed by atoms with Gasteiger partial charge in [0.1, 0.15) is 23.4 Å². The number of nitrogens with one attached hydrogen (secondary N) is 1. The van der Waals surface area contributed by atoms with Crippen molar-refractivity contribution in [3.05, 3.63) is 42.1 Å². The topological polar surface area (TPSA) is 214 Å². The first-order valence-electron chi connectivity index (χ1n) is 24.9. The number of benzene rings is 1. The van der Waals surface area contributed by atoms with E-state index in [-0.39, 0.29) is 43.8 Å². The van der Waals surface area contributed by atoms with Crippen molar-refractivity contribution in [2.24, 2.45) is 17.8 Å². The van der Waals surface area contributed by atoms with Crippen LogP contribution in [0, 0.1) is 17.8 Å². The Labute approximate surface area is 409 Å². The molecule has 69 heavy (non-hydrogen) atoms. The van der Waals surface area contributed by atoms with Gasteiger partial charge in [-0.1, -0.05) is 39.0 Å². The molecule has 1 aromatic heterocycles. The number of carbonyl (C=O) groups is 3. The van der Waals surface area contributed by atoms with E-state index in [2.05, 4.69) is 16.4 Å². The summed E-state index contributed by atoms with van der Waals surface area (Å²) in [6, 6.07) is 9.20. The molecular formula is C52H83N3O14. The lowest BCUT2D eigenvalue weighted by atomic mass is 9.78. The van der Waals surface area contributed by atoms with E-state index in [1.807, 2.05) is 77.2 Å². The van der Waals surface area contributed by atoms with Crippen LogP contribution in [0.3, 0.4) is 0 Å². The van der Waals surface area contributed by atoms with Crippen LogP contribution in [0.5, 0.6) is 0 Å². The van der Waals surface area contributed by atoms with Gasteiger partial charge in [-0.15, -0.1) is 0 Å². The van der Waals surface area contributed by atoms with Crippen LogP contribution in [-0.2, 0) is 58.7 Å². The van der Waals surface area contributed by atoms with Crippen LogP contribution in [0.15, 0.2) is 36.5 Å². The minimum Gasteiger partial charge on any atom is -0.459 e. The van der Waals surface area contributed by atoms with E-state index in [0.29, 0.717) is 12.8 Å². The van der Waals surface area contributed by atoms with Crippen LogP contribution in [0.1, 0.15) is 120 Å². The molecule has 0 bridgehead atoms. The number of ether oxygens (including phenoxy) is 8. The van der Waals surface area contributed by atoms with Gasteiger partial charge in [0.2, 0.25) is 5.91 Å². The highest BCUT2D eigenvalue weighted by Gasteiger charge is 2.54. The molecule has 0 radical (unpaired) electrons. The van der Waals surface area contributed by atoms with Crippen LogP contribution < -0.4 is 5.32 Å². The minimum atomic E-state index is -2.03. The van der Waals surface area contributed by atoms with Gasteiger partial charge in [-0.05, 0) is 119 Å². The lowest BCUT2D eigenvalue weighted by Crippen LogP contribution is -2.61. The summed E-state index contributed by atoms with van der Waals surface area (Å²) in [5.74, 6) is -4.61. The standard InChI is InChI=1S/C52H83N3O14/c1-15-39-52(10,61)44(58)33(6)47(59)54-29(2)26-50(8,62-13)45(69-49-42(57)38(55(11)12)24-30(3)64-49)31(4)43(32(5)48(60)66-39)68-41-27-51(9,63-14)46(34(7)65-41)67-40(56)23-19-16-20-35-25-36-21-17-18-22-37(36)53-28-35/h17-18,21-22,25,28-34,38-39,41-46,49,57-58,61H,15-16,19-20,23-24,26-27H2,1-14H3,(H,54,59)/t29-,30-,31+,32-,33-,34+,38+,39-,41+,42-,43+,44-,45-,46+,49+,50-,51-,52-/m1/s1. The van der Waals surface area contributed by atoms with Crippen molar-refractivity contribution in [1.82, 2.24) is 15.2 Å². The van der Waals surface area contributed by atoms with Crippen molar-refractivity contribution in [1.29, 1.82) is 0 Å². The van der Waals surface area contributed by atoms with Crippen molar-refractivity contribution in [3.63, 3.8) is 0 Å². The van der Waals surface area contributed by atoms with E-state index in [1.165, 1.54) is 28.1 Å². The second-order valence-corrected chi connectivity index (χ2v) is 20.9. The summed E-state index contributed by atoms with van der Waals surface area (Å²) < 4.78 is 51.4. The Morgan fingerprint density at radius 1 is 0.913 bits per heavy atom. The highest BCUT2D eigenvalue weighted by atomic mass is 16.7. The third-order valence-corrected chi connectivity index (χ3v) is 15.1. The molecule has 0 aliphatic carbocycles. The molecule has 5 rings (SSSR count). The van der Waals surface area contributed by atoms with E-state index in [4.69, 9.17) is 37.9 Å². The quantitative estimate of drug-likeness (QED) is 0.141. The molecule has 0 spiro atoms. The fraction of sp³-hybridized carbons (Fsp3) is 0.769. The number of esters is 2. The first kappa shape index (κ1) is 56.6. The third-order valence-electron chi connectivity index (χ3n) is 15.1. The molecule has 3 saturated heterocycles. The van der Waals surface area contributed by atoms with Crippen molar-refractivity contribution in [2.45, 2.75) is 211 Å². The molecule has 1 aromatic carbocycles. The van der Waals surface area contributed by atoms with Gasteiger partial charge in [-0.2, -0.15) is 0 Å². The Hall–Kier alpha value is -3.36. The van der Waals surface area contributed by atoms with E-state index in [1.54, 1.807) is 27.7 Å². The second kappa shape index (κ2) is 23.9. The summed E-state index contributed by atoms with van der Waals surface area (Å²) in [6.45, 7) is 17.2. The summed E-state index contributed by atoms with van der Waals surface area (Å²) in [6.07, 6.45) is -4.85. The number of aliphatic hydroxyl groups excluding tert-OH is 2. The number of aryl methyl sites for hydroxylation is 1. The van der Waals surface area contributed by atoms with Crippen LogP contribution in [0.25, 0.3) is 10.9 Å². The summed E-state index contributed by atoms with van der Waals surface area (Å²) >= 11 is 0. The average molecular weight is 974 g/mol. The predicted molar refractivity (Wildman–Crippen MR) is 258 cm³/mol. The van der Waals surface area contributed by atoms with Crippen molar-refractivity contribution < 1.29 is 67.6 Å². The molecule has 390 valence electrons. The number of hydrogen-bond acceptors (Lipinski definition) is 16. The highest BCUT2D eigenvalue weighted by Crippen LogP contribution is 2.41. The van der Waals surface area contributed by atoms with E-state index < -0.39 is 108 Å². The van der Waals surface area contributed by atoms with Gasteiger partial charge >= 0.3 is 11.9 Å². The Morgan fingerprint density at radius 2 is 1.58 bits per heavy atom. The number of unbranched alkanes of at least 4 members (excludes halogenated alkanes) is 1. The Kier molecular flexibility index (Phi) is 19.6. The molecule has 18 atom stereocenters. The maximum Gasteiger partial charge on any atom is 0.311 e. The Morgan fingerprint density at radius 3 is 2.23 bits per heavy atom. The summed E-state index contributed by atoms with van der Waals surface area (Å²) in [5.41, 5.74) is -2.34. The molecule has 3 aliphatic rings. The summed E-state index contributed by atoms with van der Waals surface area (Å²) in [5, 5.41) is 39.1. The van der Waals surface area contributed by atoms with Gasteiger partial charge in [-0.3, -0.25) is 19.4 Å². The monoisotopic (exact) mass is 974 g/mol. The number of aromatic nitrogens is 1. The first-order chi connectivity index (χ1) is 32.4. The largest absolute Gasteiger partial charge is 0.459 e. The van der Waals surface area contributed by atoms with E-state index in [0.717, 1.165) is 29.3 Å². The van der Waals surface area contributed by atoms with Gasteiger partial charge in [-0.25, -0.2) is 0 Å². The van der Waals surface area contributed by atoms with Gasteiger partial charge in [0.15, 0.2) is 18.7 Å². The first-order valence-corrected chi connectivity index (χ1v) is 24.9. The van der Waals surface area contributed by atoms with Crippen molar-refractivity contribution >= 4 is 28.7 Å². The molecule has 4 N–H and O–H groups in total. The smallest absolute Gasteiger partial charge is 0.311 e. The number of nitrogens with zero attached hydrogens (tertiary/aromatic N) is 2. The number of rotatable bonds is 14. The fourth-order valence-electron chi connectivity index (χ4n) is 10.7. The minimum absolute atomic E-state index is 0.0880.